The van der Waals surface area contributed by atoms with Crippen LogP contribution < -0.4 is 4.74 Å². The van der Waals surface area contributed by atoms with Crippen molar-refractivity contribution < 1.29 is 4.74 Å². The lowest BCUT2D eigenvalue weighted by atomic mass is 10.1. The molecular weight excluding hydrogens is 308 g/mol. The summed E-state index contributed by atoms with van der Waals surface area (Å²) in [5.41, 5.74) is 4.44. The summed E-state index contributed by atoms with van der Waals surface area (Å²) in [4.78, 5) is 4.72. The summed E-state index contributed by atoms with van der Waals surface area (Å²) in [5, 5.41) is 0.733. The molecule has 2 aromatic carbocycles. The van der Waals surface area contributed by atoms with E-state index in [0.29, 0.717) is 6.61 Å². The first kappa shape index (κ1) is 15.9. The van der Waals surface area contributed by atoms with Crippen LogP contribution in [0.2, 0.25) is 5.02 Å². The Kier molecular flexibility index (Phi) is 4.58. The molecule has 3 aromatic rings. The van der Waals surface area contributed by atoms with E-state index < -0.39 is 0 Å². The van der Waals surface area contributed by atoms with Gasteiger partial charge in [-0.3, -0.25) is 0 Å². The predicted octanol–water partition coefficient (Wildman–Crippen LogP) is 5.30. The Balaban J connectivity index is 1.93. The fraction of sp³-hybridized carbons (Fsp3) is 0.316. The summed E-state index contributed by atoms with van der Waals surface area (Å²) in [6.07, 6.45) is 1.04. The normalized spacial score (nSPS) is 11.1. The molecule has 0 unspecified atom stereocenters. The van der Waals surface area contributed by atoms with E-state index in [2.05, 4.69) is 31.4 Å². The van der Waals surface area contributed by atoms with Crippen LogP contribution in [0.5, 0.6) is 5.75 Å². The molecule has 1 heterocycles. The van der Waals surface area contributed by atoms with Crippen LogP contribution in [0.25, 0.3) is 11.0 Å². The van der Waals surface area contributed by atoms with Gasteiger partial charge in [-0.15, -0.1) is 0 Å². The highest BCUT2D eigenvalue weighted by molar-refractivity contribution is 6.31. The van der Waals surface area contributed by atoms with E-state index in [1.165, 1.54) is 11.1 Å². The molecule has 3 nitrogen and oxygen atoms in total. The third kappa shape index (κ3) is 3.20. The van der Waals surface area contributed by atoms with Crippen LogP contribution in [0.1, 0.15) is 30.3 Å². The Labute approximate surface area is 141 Å². The van der Waals surface area contributed by atoms with Gasteiger partial charge in [0.25, 0.3) is 0 Å². The zero-order valence-corrected chi connectivity index (χ0v) is 14.5. The molecule has 0 aliphatic rings. The molecule has 0 bridgehead atoms. The van der Waals surface area contributed by atoms with E-state index in [-0.39, 0.29) is 0 Å². The lowest BCUT2D eigenvalue weighted by molar-refractivity contribution is 0.288. The summed E-state index contributed by atoms with van der Waals surface area (Å²) in [5.74, 6) is 1.85. The molecule has 120 valence electrons. The summed E-state index contributed by atoms with van der Waals surface area (Å²) in [6.45, 7) is 7.70. The van der Waals surface area contributed by atoms with E-state index in [4.69, 9.17) is 21.3 Å². The van der Waals surface area contributed by atoms with Crippen LogP contribution >= 0.6 is 11.6 Å². The van der Waals surface area contributed by atoms with Crippen molar-refractivity contribution in [3.63, 3.8) is 0 Å². The molecule has 0 fully saturated rings. The lowest BCUT2D eigenvalue weighted by Gasteiger charge is -2.12. The zero-order chi connectivity index (χ0) is 16.4. The first-order valence-electron chi connectivity index (χ1n) is 7.94. The molecular formula is C19H21ClN2O. The van der Waals surface area contributed by atoms with Crippen molar-refractivity contribution in [1.82, 2.24) is 9.55 Å². The molecule has 0 atom stereocenters. The zero-order valence-electron chi connectivity index (χ0n) is 13.8. The molecule has 0 aliphatic carbocycles. The fourth-order valence-electron chi connectivity index (χ4n) is 2.75. The van der Waals surface area contributed by atoms with Crippen molar-refractivity contribution in [2.45, 2.75) is 40.3 Å². The SMILES string of the molecule is CCCn1c(COc2cccc(C)c2C)nc2ccc(Cl)cc21. The van der Waals surface area contributed by atoms with Crippen molar-refractivity contribution in [1.29, 1.82) is 0 Å². The number of aromatic nitrogens is 2. The van der Waals surface area contributed by atoms with E-state index in [9.17, 15) is 0 Å². The van der Waals surface area contributed by atoms with Gasteiger partial charge in [0.2, 0.25) is 0 Å². The summed E-state index contributed by atoms with van der Waals surface area (Å²) < 4.78 is 8.23. The monoisotopic (exact) mass is 328 g/mol. The molecule has 4 heteroatoms. The molecule has 0 spiro atoms. The largest absolute Gasteiger partial charge is 0.485 e. The highest BCUT2D eigenvalue weighted by Crippen LogP contribution is 2.24. The van der Waals surface area contributed by atoms with Gasteiger partial charge in [-0.25, -0.2) is 4.98 Å². The Bertz CT molecular complexity index is 839. The number of rotatable bonds is 5. The van der Waals surface area contributed by atoms with E-state index in [0.717, 1.165) is 40.6 Å². The van der Waals surface area contributed by atoms with Gasteiger partial charge in [-0.05, 0) is 55.7 Å². The first-order chi connectivity index (χ1) is 11.1. The number of imidazole rings is 1. The van der Waals surface area contributed by atoms with E-state index in [1.807, 2.05) is 30.3 Å². The maximum absolute atomic E-state index is 6.14. The Hall–Kier alpha value is -2.00. The van der Waals surface area contributed by atoms with Crippen LogP contribution in [0.4, 0.5) is 0 Å². The number of aryl methyl sites for hydroxylation is 2. The first-order valence-corrected chi connectivity index (χ1v) is 8.31. The Morgan fingerprint density at radius 3 is 2.78 bits per heavy atom. The molecule has 3 rings (SSSR count). The molecule has 0 saturated heterocycles. The standard InChI is InChI=1S/C19H21ClN2O/c1-4-10-22-17-11-15(20)8-9-16(17)21-19(22)12-23-18-7-5-6-13(2)14(18)3/h5-9,11H,4,10,12H2,1-3H3. The number of hydrogen-bond acceptors (Lipinski definition) is 2. The van der Waals surface area contributed by atoms with Crippen LogP contribution in [0.3, 0.4) is 0 Å². The van der Waals surface area contributed by atoms with E-state index >= 15 is 0 Å². The minimum Gasteiger partial charge on any atom is -0.485 e. The molecule has 23 heavy (non-hydrogen) atoms. The highest BCUT2D eigenvalue weighted by Gasteiger charge is 2.12. The highest BCUT2D eigenvalue weighted by atomic mass is 35.5. The van der Waals surface area contributed by atoms with Gasteiger partial charge >= 0.3 is 0 Å². The predicted molar refractivity (Wildman–Crippen MR) is 95.3 cm³/mol. The number of benzene rings is 2. The van der Waals surface area contributed by atoms with Gasteiger partial charge in [0, 0.05) is 11.6 Å². The van der Waals surface area contributed by atoms with Crippen LogP contribution in [-0.4, -0.2) is 9.55 Å². The number of ether oxygens (including phenoxy) is 1. The summed E-state index contributed by atoms with van der Waals surface area (Å²) >= 11 is 6.14. The van der Waals surface area contributed by atoms with Crippen molar-refractivity contribution in [3.05, 3.63) is 58.4 Å². The molecule has 0 saturated carbocycles. The minimum absolute atomic E-state index is 0.455. The van der Waals surface area contributed by atoms with Crippen molar-refractivity contribution in [2.24, 2.45) is 0 Å². The second-order valence-corrected chi connectivity index (χ2v) is 6.24. The average Bonchev–Trinajstić information content (AvgIpc) is 2.87. The van der Waals surface area contributed by atoms with Gasteiger partial charge in [0.1, 0.15) is 18.2 Å². The number of nitrogens with zero attached hydrogens (tertiary/aromatic N) is 2. The quantitative estimate of drug-likeness (QED) is 0.635. The molecule has 0 amide bonds. The van der Waals surface area contributed by atoms with Crippen LogP contribution in [-0.2, 0) is 13.2 Å². The van der Waals surface area contributed by atoms with Crippen molar-refractivity contribution >= 4 is 22.6 Å². The van der Waals surface area contributed by atoms with Gasteiger partial charge in [-0.2, -0.15) is 0 Å². The second kappa shape index (κ2) is 6.63. The lowest BCUT2D eigenvalue weighted by Crippen LogP contribution is -2.07. The third-order valence-corrected chi connectivity index (χ3v) is 4.38. The Morgan fingerprint density at radius 1 is 1.17 bits per heavy atom. The van der Waals surface area contributed by atoms with Crippen LogP contribution in [0, 0.1) is 13.8 Å². The molecule has 0 N–H and O–H groups in total. The van der Waals surface area contributed by atoms with Gasteiger partial charge in [-0.1, -0.05) is 30.7 Å². The maximum Gasteiger partial charge on any atom is 0.147 e. The second-order valence-electron chi connectivity index (χ2n) is 5.80. The van der Waals surface area contributed by atoms with Crippen LogP contribution in [0.15, 0.2) is 36.4 Å². The van der Waals surface area contributed by atoms with Gasteiger partial charge in [0.15, 0.2) is 0 Å². The van der Waals surface area contributed by atoms with Gasteiger partial charge < -0.3 is 9.30 Å². The minimum atomic E-state index is 0.455. The number of hydrogen-bond donors (Lipinski definition) is 0. The average molecular weight is 329 g/mol. The summed E-state index contributed by atoms with van der Waals surface area (Å²) in [6, 6.07) is 11.9. The van der Waals surface area contributed by atoms with Crippen molar-refractivity contribution in [2.75, 3.05) is 0 Å². The van der Waals surface area contributed by atoms with Crippen molar-refractivity contribution in [3.8, 4) is 5.75 Å². The Morgan fingerprint density at radius 2 is 2.00 bits per heavy atom. The van der Waals surface area contributed by atoms with E-state index in [1.54, 1.807) is 0 Å². The maximum atomic E-state index is 6.14. The molecule has 1 aromatic heterocycles. The molecule has 0 aliphatic heterocycles. The third-order valence-electron chi connectivity index (χ3n) is 4.15. The smallest absolute Gasteiger partial charge is 0.147 e. The fourth-order valence-corrected chi connectivity index (χ4v) is 2.92. The topological polar surface area (TPSA) is 27.1 Å². The van der Waals surface area contributed by atoms with Gasteiger partial charge in [0.05, 0.1) is 11.0 Å². The summed E-state index contributed by atoms with van der Waals surface area (Å²) in [7, 11) is 0. The number of fused-ring (bicyclic) bond motifs is 1. The number of halogens is 1. The molecule has 0 radical (unpaired) electrons.